The summed E-state index contributed by atoms with van der Waals surface area (Å²) < 4.78 is 5.48. The van der Waals surface area contributed by atoms with E-state index in [-0.39, 0.29) is 0 Å². The Hall–Kier alpha value is -0.500. The molecular weight excluding hydrogens is 126 g/mol. The summed E-state index contributed by atoms with van der Waals surface area (Å²) in [7, 11) is 0. The Bertz CT molecular complexity index is 142. The summed E-state index contributed by atoms with van der Waals surface area (Å²) in [6.45, 7) is 4.82. The topological polar surface area (TPSA) is 35.2 Å². The molecule has 0 spiro atoms. The first kappa shape index (κ1) is 7.61. The van der Waals surface area contributed by atoms with E-state index < -0.39 is 0 Å². The zero-order valence-corrected chi connectivity index (χ0v) is 6.63. The summed E-state index contributed by atoms with van der Waals surface area (Å²) >= 11 is 0. The van der Waals surface area contributed by atoms with Gasteiger partial charge in [-0.2, -0.15) is 0 Å². The van der Waals surface area contributed by atoms with Gasteiger partial charge >= 0.3 is 0 Å². The minimum Gasteiger partial charge on any atom is -0.494 e. The van der Waals surface area contributed by atoms with E-state index in [1.54, 1.807) is 0 Å². The van der Waals surface area contributed by atoms with Crippen LogP contribution in [0.1, 0.15) is 20.3 Å². The molecule has 2 N–H and O–H groups in total. The van der Waals surface area contributed by atoms with Crippen LogP contribution in [-0.4, -0.2) is 12.6 Å². The fourth-order valence-electron chi connectivity index (χ4n) is 1.04. The first-order chi connectivity index (χ1) is 4.74. The van der Waals surface area contributed by atoms with Gasteiger partial charge in [-0.1, -0.05) is 6.92 Å². The van der Waals surface area contributed by atoms with Crippen molar-refractivity contribution in [2.45, 2.75) is 26.4 Å². The van der Waals surface area contributed by atoms with Crippen LogP contribution >= 0.6 is 0 Å². The third-order valence-electron chi connectivity index (χ3n) is 2.06. The van der Waals surface area contributed by atoms with Crippen molar-refractivity contribution in [1.82, 2.24) is 0 Å². The van der Waals surface area contributed by atoms with Gasteiger partial charge in [0, 0.05) is 0 Å². The summed E-state index contributed by atoms with van der Waals surface area (Å²) in [5, 5.41) is 0. The quantitative estimate of drug-likeness (QED) is 0.597. The molecule has 2 heteroatoms. The molecule has 0 aromatic heterocycles. The van der Waals surface area contributed by atoms with Gasteiger partial charge in [0.2, 0.25) is 0 Å². The molecule has 0 saturated carbocycles. The van der Waals surface area contributed by atoms with E-state index >= 15 is 0 Å². The highest BCUT2D eigenvalue weighted by Gasteiger charge is 2.17. The van der Waals surface area contributed by atoms with Crippen molar-refractivity contribution in [1.29, 1.82) is 0 Å². The van der Waals surface area contributed by atoms with E-state index in [0.29, 0.717) is 18.6 Å². The molecule has 0 fully saturated rings. The second-order valence-corrected chi connectivity index (χ2v) is 2.91. The second kappa shape index (κ2) is 3.06. The number of allylic oxidation sites excluding steroid dienone is 1. The van der Waals surface area contributed by atoms with Crippen LogP contribution in [-0.2, 0) is 4.74 Å². The maximum absolute atomic E-state index is 5.48. The van der Waals surface area contributed by atoms with Gasteiger partial charge in [0.25, 0.3) is 0 Å². The summed E-state index contributed by atoms with van der Waals surface area (Å²) in [4.78, 5) is 0. The van der Waals surface area contributed by atoms with Crippen LogP contribution in [0.25, 0.3) is 0 Å². The van der Waals surface area contributed by atoms with E-state index in [1.165, 1.54) is 0 Å². The number of rotatable bonds is 1. The largest absolute Gasteiger partial charge is 0.494 e. The number of nitrogens with two attached hydrogens (primary N) is 1. The lowest BCUT2D eigenvalue weighted by Crippen LogP contribution is -2.24. The zero-order chi connectivity index (χ0) is 7.56. The van der Waals surface area contributed by atoms with E-state index in [4.69, 9.17) is 10.5 Å². The molecule has 0 bridgehead atoms. The minimum absolute atomic E-state index is 0.337. The van der Waals surface area contributed by atoms with Gasteiger partial charge in [0.15, 0.2) is 0 Å². The van der Waals surface area contributed by atoms with Crippen LogP contribution < -0.4 is 5.73 Å². The van der Waals surface area contributed by atoms with Crippen molar-refractivity contribution in [2.75, 3.05) is 6.54 Å². The SMILES string of the molecule is C[C@@H]1CC=C(CN)O[C@@H]1C. The lowest BCUT2D eigenvalue weighted by atomic mass is 9.99. The van der Waals surface area contributed by atoms with E-state index in [0.717, 1.165) is 12.2 Å². The molecular formula is C8H15NO. The van der Waals surface area contributed by atoms with Crippen LogP contribution in [0.15, 0.2) is 11.8 Å². The fraction of sp³-hybridized carbons (Fsp3) is 0.750. The molecule has 0 aromatic carbocycles. The molecule has 1 rings (SSSR count). The van der Waals surface area contributed by atoms with Crippen molar-refractivity contribution in [3.05, 3.63) is 11.8 Å². The average molecular weight is 141 g/mol. The molecule has 1 aliphatic heterocycles. The van der Waals surface area contributed by atoms with Crippen molar-refractivity contribution in [3.63, 3.8) is 0 Å². The maximum Gasteiger partial charge on any atom is 0.106 e. The van der Waals surface area contributed by atoms with Gasteiger partial charge in [-0.15, -0.1) is 0 Å². The number of hydrogen-bond donors (Lipinski definition) is 1. The molecule has 2 nitrogen and oxygen atoms in total. The predicted octanol–water partition coefficient (Wildman–Crippen LogP) is 1.27. The van der Waals surface area contributed by atoms with Crippen molar-refractivity contribution >= 4 is 0 Å². The Morgan fingerprint density at radius 3 is 2.90 bits per heavy atom. The standard InChI is InChI=1S/C8H15NO/c1-6-3-4-8(5-9)10-7(6)2/h4,6-7H,3,5,9H2,1-2H3/t6-,7-/m1/s1. The molecule has 58 valence electrons. The molecule has 0 saturated heterocycles. The van der Waals surface area contributed by atoms with Crippen LogP contribution in [0.3, 0.4) is 0 Å². The highest BCUT2D eigenvalue weighted by atomic mass is 16.5. The van der Waals surface area contributed by atoms with Crippen molar-refractivity contribution in [3.8, 4) is 0 Å². The zero-order valence-electron chi connectivity index (χ0n) is 6.63. The molecule has 0 aromatic rings. The van der Waals surface area contributed by atoms with Crippen molar-refractivity contribution in [2.24, 2.45) is 11.7 Å². The fourth-order valence-corrected chi connectivity index (χ4v) is 1.04. The molecule has 10 heavy (non-hydrogen) atoms. The lowest BCUT2D eigenvalue weighted by molar-refractivity contribution is 0.0693. The summed E-state index contributed by atoms with van der Waals surface area (Å²) in [5.41, 5.74) is 5.42. The third-order valence-corrected chi connectivity index (χ3v) is 2.06. The Morgan fingerprint density at radius 1 is 1.70 bits per heavy atom. The highest BCUT2D eigenvalue weighted by molar-refractivity contribution is 5.00. The smallest absolute Gasteiger partial charge is 0.106 e. The Labute approximate surface area is 62.1 Å². The maximum atomic E-state index is 5.48. The third kappa shape index (κ3) is 1.51. The van der Waals surface area contributed by atoms with Gasteiger partial charge in [0.05, 0.1) is 12.6 Å². The van der Waals surface area contributed by atoms with E-state index in [2.05, 4.69) is 19.9 Å². The van der Waals surface area contributed by atoms with Crippen LogP contribution in [0.4, 0.5) is 0 Å². The van der Waals surface area contributed by atoms with Gasteiger partial charge in [-0.05, 0) is 25.3 Å². The summed E-state index contributed by atoms with van der Waals surface area (Å²) in [6, 6.07) is 0. The number of ether oxygens (including phenoxy) is 1. The van der Waals surface area contributed by atoms with Crippen LogP contribution in [0, 0.1) is 5.92 Å². The molecule has 1 aliphatic rings. The molecule has 1 heterocycles. The van der Waals surface area contributed by atoms with Crippen LogP contribution in [0.5, 0.6) is 0 Å². The van der Waals surface area contributed by atoms with Gasteiger partial charge in [-0.3, -0.25) is 0 Å². The molecule has 2 atom stereocenters. The Balaban J connectivity index is 2.52. The van der Waals surface area contributed by atoms with Gasteiger partial charge in [0.1, 0.15) is 5.76 Å². The highest BCUT2D eigenvalue weighted by Crippen LogP contribution is 2.21. The average Bonchev–Trinajstić information content (AvgIpc) is 1.95. The summed E-state index contributed by atoms with van der Waals surface area (Å²) in [5.74, 6) is 1.58. The summed E-state index contributed by atoms with van der Waals surface area (Å²) in [6.07, 6.45) is 3.53. The molecule has 0 unspecified atom stereocenters. The molecule has 0 radical (unpaired) electrons. The minimum atomic E-state index is 0.337. The monoisotopic (exact) mass is 141 g/mol. The normalized spacial score (nSPS) is 32.9. The Kier molecular flexibility index (Phi) is 2.33. The molecule has 0 aliphatic carbocycles. The Morgan fingerprint density at radius 2 is 2.40 bits per heavy atom. The predicted molar refractivity (Wildman–Crippen MR) is 41.5 cm³/mol. The first-order valence-corrected chi connectivity index (χ1v) is 3.79. The number of hydrogen-bond acceptors (Lipinski definition) is 2. The van der Waals surface area contributed by atoms with E-state index in [1.807, 2.05) is 0 Å². The second-order valence-electron chi connectivity index (χ2n) is 2.91. The molecule has 0 amide bonds. The van der Waals surface area contributed by atoms with Gasteiger partial charge < -0.3 is 10.5 Å². The first-order valence-electron chi connectivity index (χ1n) is 3.79. The van der Waals surface area contributed by atoms with E-state index in [9.17, 15) is 0 Å². The van der Waals surface area contributed by atoms with Gasteiger partial charge in [-0.25, -0.2) is 0 Å². The van der Waals surface area contributed by atoms with Crippen LogP contribution in [0.2, 0.25) is 0 Å². The lowest BCUT2D eigenvalue weighted by Gasteiger charge is -2.26. The van der Waals surface area contributed by atoms with Crippen molar-refractivity contribution < 1.29 is 4.74 Å².